The van der Waals surface area contributed by atoms with E-state index in [1.807, 2.05) is 0 Å². The zero-order chi connectivity index (χ0) is 26.9. The molecule has 194 valence electrons. The molecule has 0 radical (unpaired) electrons. The van der Waals surface area contributed by atoms with Gasteiger partial charge in [0.25, 0.3) is 0 Å². The molecule has 2 N–H and O–H groups in total. The molecular weight excluding hydrogens is 469 g/mol. The fraction of sp³-hybridized carbons (Fsp3) is 0.448. The van der Waals surface area contributed by atoms with Gasteiger partial charge in [-0.2, -0.15) is 13.2 Å². The molecule has 1 aliphatic carbocycles. The summed E-state index contributed by atoms with van der Waals surface area (Å²) in [5, 5.41) is 18.7. The molecule has 0 amide bonds. The molecule has 3 rings (SSSR count). The van der Waals surface area contributed by atoms with Gasteiger partial charge in [-0.3, -0.25) is 9.59 Å². The quantitative estimate of drug-likeness (QED) is 0.373. The summed E-state index contributed by atoms with van der Waals surface area (Å²) in [6, 6.07) is 11.0. The van der Waals surface area contributed by atoms with Crippen molar-refractivity contribution in [3.05, 3.63) is 76.4 Å². The second-order valence-electron chi connectivity index (χ2n) is 10.9. The number of alkyl halides is 3. The Morgan fingerprint density at radius 2 is 1.56 bits per heavy atom. The number of aliphatic carboxylic acids is 2. The van der Waals surface area contributed by atoms with Crippen LogP contribution in [0.3, 0.4) is 0 Å². The Morgan fingerprint density at radius 1 is 0.944 bits per heavy atom. The number of benzene rings is 2. The van der Waals surface area contributed by atoms with E-state index >= 15 is 0 Å². The number of fused-ring (bicyclic) bond motifs is 1. The highest BCUT2D eigenvalue weighted by Gasteiger charge is 2.37. The normalized spacial score (nSPS) is 17.1. The van der Waals surface area contributed by atoms with Gasteiger partial charge in [0.05, 0.1) is 5.56 Å². The van der Waals surface area contributed by atoms with Gasteiger partial charge < -0.3 is 10.2 Å². The van der Waals surface area contributed by atoms with Gasteiger partial charge in [0.15, 0.2) is 5.92 Å². The standard InChI is InChI=1S/C29H33F3O4/c1-27(2)13-14-28(3,4)24-15-18(11-12-23(24)27)7-5-8-20(17-22(25(33)34)26(35)36)19-9-6-10-21(16-19)29(30,31)32/h6,8-12,15-16,22H,5,7,13-14,17H2,1-4H3,(H,33,34)(H,35,36)/b20-8+. The summed E-state index contributed by atoms with van der Waals surface area (Å²) in [6.45, 7) is 8.95. The largest absolute Gasteiger partial charge is 0.481 e. The van der Waals surface area contributed by atoms with Gasteiger partial charge in [0, 0.05) is 0 Å². The van der Waals surface area contributed by atoms with Gasteiger partial charge in [-0.15, -0.1) is 0 Å². The van der Waals surface area contributed by atoms with E-state index in [1.165, 1.54) is 23.3 Å². The average Bonchev–Trinajstić information content (AvgIpc) is 2.78. The van der Waals surface area contributed by atoms with E-state index in [0.29, 0.717) is 12.8 Å². The number of carbonyl (C=O) groups is 2. The fourth-order valence-electron chi connectivity index (χ4n) is 4.92. The molecule has 7 heteroatoms. The molecule has 4 nitrogen and oxygen atoms in total. The van der Waals surface area contributed by atoms with Crippen molar-refractivity contribution in [2.24, 2.45) is 5.92 Å². The van der Waals surface area contributed by atoms with Crippen molar-refractivity contribution in [1.82, 2.24) is 0 Å². The summed E-state index contributed by atoms with van der Waals surface area (Å²) < 4.78 is 39.8. The highest BCUT2D eigenvalue weighted by Crippen LogP contribution is 2.46. The lowest BCUT2D eigenvalue weighted by atomic mass is 9.63. The molecule has 0 unspecified atom stereocenters. The first kappa shape index (κ1) is 27.5. The summed E-state index contributed by atoms with van der Waals surface area (Å²) >= 11 is 0. The first-order valence-corrected chi connectivity index (χ1v) is 12.1. The summed E-state index contributed by atoms with van der Waals surface area (Å²) in [4.78, 5) is 23.0. The maximum absolute atomic E-state index is 13.3. The zero-order valence-corrected chi connectivity index (χ0v) is 21.1. The maximum atomic E-state index is 13.3. The van der Waals surface area contributed by atoms with Crippen molar-refractivity contribution in [1.29, 1.82) is 0 Å². The monoisotopic (exact) mass is 502 g/mol. The van der Waals surface area contributed by atoms with Crippen molar-refractivity contribution in [2.75, 3.05) is 0 Å². The van der Waals surface area contributed by atoms with E-state index in [0.717, 1.165) is 30.5 Å². The molecule has 2 aromatic carbocycles. The second-order valence-corrected chi connectivity index (χ2v) is 10.9. The van der Waals surface area contributed by atoms with Gasteiger partial charge >= 0.3 is 18.1 Å². The van der Waals surface area contributed by atoms with Crippen LogP contribution >= 0.6 is 0 Å². The van der Waals surface area contributed by atoms with E-state index in [-0.39, 0.29) is 22.0 Å². The number of carboxylic acids is 2. The third kappa shape index (κ3) is 6.18. The van der Waals surface area contributed by atoms with E-state index in [1.54, 1.807) is 6.08 Å². The minimum atomic E-state index is -4.57. The molecule has 2 aromatic rings. The lowest BCUT2D eigenvalue weighted by Gasteiger charge is -2.42. The molecule has 0 saturated carbocycles. The number of carboxylic acid groups (broad SMARTS) is 2. The average molecular weight is 503 g/mol. The van der Waals surface area contributed by atoms with E-state index < -0.39 is 36.0 Å². The number of halogens is 3. The smallest absolute Gasteiger partial charge is 0.416 e. The summed E-state index contributed by atoms with van der Waals surface area (Å²) in [5.74, 6) is -4.81. The molecule has 0 atom stereocenters. The van der Waals surface area contributed by atoms with E-state index in [2.05, 4.69) is 45.9 Å². The molecule has 0 saturated heterocycles. The third-order valence-corrected chi connectivity index (χ3v) is 7.32. The number of allylic oxidation sites excluding steroid dienone is 2. The first-order valence-electron chi connectivity index (χ1n) is 12.1. The van der Waals surface area contributed by atoms with Gasteiger partial charge in [-0.05, 0) is 82.9 Å². The number of hydrogen-bond donors (Lipinski definition) is 2. The molecule has 0 bridgehead atoms. The van der Waals surface area contributed by atoms with Crippen LogP contribution in [0.25, 0.3) is 5.57 Å². The van der Waals surface area contributed by atoms with Crippen molar-refractivity contribution in [3.63, 3.8) is 0 Å². The molecule has 36 heavy (non-hydrogen) atoms. The Balaban J connectivity index is 1.92. The van der Waals surface area contributed by atoms with Crippen LogP contribution in [0.5, 0.6) is 0 Å². The van der Waals surface area contributed by atoms with Crippen molar-refractivity contribution < 1.29 is 33.0 Å². The van der Waals surface area contributed by atoms with Crippen LogP contribution in [-0.4, -0.2) is 22.2 Å². The molecule has 0 heterocycles. The van der Waals surface area contributed by atoms with Crippen LogP contribution in [-0.2, 0) is 33.0 Å². The highest BCUT2D eigenvalue weighted by molar-refractivity contribution is 5.94. The predicted octanol–water partition coefficient (Wildman–Crippen LogP) is 7.25. The molecule has 0 fully saturated rings. The second kappa shape index (κ2) is 10.1. The maximum Gasteiger partial charge on any atom is 0.416 e. The fourth-order valence-corrected chi connectivity index (χ4v) is 4.92. The summed E-state index contributed by atoms with van der Waals surface area (Å²) in [6.07, 6.45) is -0.104. The van der Waals surface area contributed by atoms with Crippen molar-refractivity contribution >= 4 is 17.5 Å². The topological polar surface area (TPSA) is 74.6 Å². The number of hydrogen-bond acceptors (Lipinski definition) is 2. The predicted molar refractivity (Wildman–Crippen MR) is 133 cm³/mol. The molecule has 0 aromatic heterocycles. The van der Waals surface area contributed by atoms with E-state index in [4.69, 9.17) is 0 Å². The van der Waals surface area contributed by atoms with Crippen LogP contribution in [0.2, 0.25) is 0 Å². The first-order chi connectivity index (χ1) is 16.6. The molecule has 0 spiro atoms. The molecule has 0 aliphatic heterocycles. The minimum absolute atomic E-state index is 0.0378. The van der Waals surface area contributed by atoms with Crippen molar-refractivity contribution in [2.45, 2.75) is 76.8 Å². The molecular formula is C29H33F3O4. The minimum Gasteiger partial charge on any atom is -0.481 e. The Hall–Kier alpha value is -3.09. The SMILES string of the molecule is CC1(C)CCC(C)(C)c2cc(CC/C=C(\CC(C(=O)O)C(=O)O)c3cccc(C(F)(F)F)c3)ccc21. The van der Waals surface area contributed by atoms with Gasteiger partial charge in [0.1, 0.15) is 0 Å². The third-order valence-electron chi connectivity index (χ3n) is 7.32. The van der Waals surface area contributed by atoms with Gasteiger partial charge in [0.2, 0.25) is 0 Å². The lowest BCUT2D eigenvalue weighted by Crippen LogP contribution is -2.33. The van der Waals surface area contributed by atoms with Gasteiger partial charge in [-0.25, -0.2) is 0 Å². The summed E-state index contributed by atoms with van der Waals surface area (Å²) in [5.41, 5.74) is 3.41. The van der Waals surface area contributed by atoms with Crippen molar-refractivity contribution in [3.8, 4) is 0 Å². The van der Waals surface area contributed by atoms with Crippen LogP contribution in [0.1, 0.15) is 81.2 Å². The Bertz CT molecular complexity index is 1160. The molecule has 1 aliphatic rings. The van der Waals surface area contributed by atoms with E-state index in [9.17, 15) is 33.0 Å². The number of rotatable bonds is 8. The Labute approximate surface area is 209 Å². The highest BCUT2D eigenvalue weighted by atomic mass is 19.4. The number of aryl methyl sites for hydroxylation is 1. The van der Waals surface area contributed by atoms with Crippen LogP contribution < -0.4 is 0 Å². The van der Waals surface area contributed by atoms with Gasteiger partial charge in [-0.1, -0.05) is 64.1 Å². The van der Waals surface area contributed by atoms with Crippen LogP contribution in [0.4, 0.5) is 13.2 Å². The van der Waals surface area contributed by atoms with Crippen LogP contribution in [0.15, 0.2) is 48.5 Å². The van der Waals surface area contributed by atoms with Crippen LogP contribution in [0, 0.1) is 5.92 Å². The lowest BCUT2D eigenvalue weighted by molar-refractivity contribution is -0.154. The zero-order valence-electron chi connectivity index (χ0n) is 21.1. The summed E-state index contributed by atoms with van der Waals surface area (Å²) in [7, 11) is 0. The Kier molecular flexibility index (Phi) is 7.72. The Morgan fingerprint density at radius 3 is 2.14 bits per heavy atom.